The number of ether oxygens (including phenoxy) is 1. The minimum atomic E-state index is 0.653. The van der Waals surface area contributed by atoms with Gasteiger partial charge in [-0.1, -0.05) is 47.1 Å². The zero-order chi connectivity index (χ0) is 20.5. The van der Waals surface area contributed by atoms with Crippen molar-refractivity contribution in [3.05, 3.63) is 77.6 Å². The molecular formula is C22H24ClN3OS2. The summed E-state index contributed by atoms with van der Waals surface area (Å²) in [5.41, 5.74) is 1.27. The highest BCUT2D eigenvalue weighted by atomic mass is 35.5. The molecule has 7 heteroatoms. The van der Waals surface area contributed by atoms with Crippen LogP contribution in [0.2, 0.25) is 5.02 Å². The van der Waals surface area contributed by atoms with Gasteiger partial charge < -0.3 is 9.30 Å². The quantitative estimate of drug-likeness (QED) is 0.197. The first-order valence-electron chi connectivity index (χ1n) is 9.39. The first-order chi connectivity index (χ1) is 14.2. The first kappa shape index (κ1) is 21.8. The zero-order valence-electron chi connectivity index (χ0n) is 16.4. The Morgan fingerprint density at radius 3 is 2.55 bits per heavy atom. The van der Waals surface area contributed by atoms with Crippen molar-refractivity contribution >= 4 is 35.1 Å². The van der Waals surface area contributed by atoms with Crippen molar-refractivity contribution in [2.24, 2.45) is 0 Å². The number of rotatable bonds is 11. The van der Waals surface area contributed by atoms with Crippen LogP contribution in [-0.2, 0) is 12.3 Å². The Morgan fingerprint density at radius 1 is 1.07 bits per heavy atom. The Balaban J connectivity index is 1.49. The van der Waals surface area contributed by atoms with Crippen LogP contribution in [0.5, 0.6) is 5.75 Å². The number of allylic oxidation sites excluding steroid dienone is 1. The van der Waals surface area contributed by atoms with Crippen LogP contribution < -0.4 is 4.74 Å². The minimum Gasteiger partial charge on any atom is -0.494 e. The fraction of sp³-hybridized carbons (Fsp3) is 0.273. The second-order valence-electron chi connectivity index (χ2n) is 6.40. The molecule has 0 atom stereocenters. The van der Waals surface area contributed by atoms with E-state index in [1.165, 1.54) is 10.5 Å². The lowest BCUT2D eigenvalue weighted by Gasteiger charge is -2.08. The Bertz CT molecular complexity index is 911. The van der Waals surface area contributed by atoms with Gasteiger partial charge in [0, 0.05) is 22.2 Å². The van der Waals surface area contributed by atoms with E-state index < -0.39 is 0 Å². The predicted molar refractivity (Wildman–Crippen MR) is 123 cm³/mol. The lowest BCUT2D eigenvalue weighted by molar-refractivity contribution is 0.318. The van der Waals surface area contributed by atoms with E-state index in [1.807, 2.05) is 30.3 Å². The molecule has 0 radical (unpaired) electrons. The molecule has 0 unspecified atom stereocenters. The smallest absolute Gasteiger partial charge is 0.191 e. The van der Waals surface area contributed by atoms with Crippen LogP contribution in [0.15, 0.2) is 71.2 Å². The Hall–Kier alpha value is -1.89. The predicted octanol–water partition coefficient (Wildman–Crippen LogP) is 6.28. The second-order valence-corrected chi connectivity index (χ2v) is 8.95. The van der Waals surface area contributed by atoms with E-state index in [4.69, 9.17) is 16.3 Å². The van der Waals surface area contributed by atoms with E-state index in [2.05, 4.69) is 52.5 Å². The van der Waals surface area contributed by atoms with Gasteiger partial charge in [-0.2, -0.15) is 0 Å². The van der Waals surface area contributed by atoms with Crippen LogP contribution in [0.4, 0.5) is 0 Å². The van der Waals surface area contributed by atoms with Gasteiger partial charge >= 0.3 is 0 Å². The van der Waals surface area contributed by atoms with Crippen LogP contribution in [-0.4, -0.2) is 27.1 Å². The summed E-state index contributed by atoms with van der Waals surface area (Å²) in [5.74, 6) is 3.50. The van der Waals surface area contributed by atoms with Gasteiger partial charge in [0.2, 0.25) is 0 Å². The van der Waals surface area contributed by atoms with Gasteiger partial charge in [-0.05, 0) is 49.7 Å². The van der Waals surface area contributed by atoms with Crippen LogP contribution in [0.3, 0.4) is 0 Å². The minimum absolute atomic E-state index is 0.653. The average Bonchev–Trinajstić information content (AvgIpc) is 3.11. The van der Waals surface area contributed by atoms with Gasteiger partial charge in [0.25, 0.3) is 0 Å². The molecular weight excluding hydrogens is 422 g/mol. The maximum absolute atomic E-state index is 5.89. The van der Waals surface area contributed by atoms with Gasteiger partial charge in [-0.3, -0.25) is 0 Å². The van der Waals surface area contributed by atoms with E-state index in [0.29, 0.717) is 18.2 Å². The number of benzene rings is 2. The molecule has 0 amide bonds. The SMILES string of the molecule is C=CCn1c(CSc2ccc(C)cc2)nnc1SCCCOc1ccc(Cl)cc1. The summed E-state index contributed by atoms with van der Waals surface area (Å²) in [4.78, 5) is 1.23. The van der Waals surface area contributed by atoms with Crippen molar-refractivity contribution in [2.45, 2.75) is 35.7 Å². The van der Waals surface area contributed by atoms with Gasteiger partial charge in [0.05, 0.1) is 12.4 Å². The van der Waals surface area contributed by atoms with Crippen molar-refractivity contribution in [1.29, 1.82) is 0 Å². The third-order valence-corrected chi connectivity index (χ3v) is 6.41. The highest BCUT2D eigenvalue weighted by Gasteiger charge is 2.12. The summed E-state index contributed by atoms with van der Waals surface area (Å²) in [5, 5.41) is 10.4. The Labute approximate surface area is 185 Å². The molecule has 4 nitrogen and oxygen atoms in total. The largest absolute Gasteiger partial charge is 0.494 e. The van der Waals surface area contributed by atoms with Gasteiger partial charge in [-0.25, -0.2) is 0 Å². The van der Waals surface area contributed by atoms with Crippen molar-refractivity contribution in [3.8, 4) is 5.75 Å². The van der Waals surface area contributed by atoms with E-state index in [-0.39, 0.29) is 0 Å². The van der Waals surface area contributed by atoms with Crippen LogP contribution >= 0.6 is 35.1 Å². The van der Waals surface area contributed by atoms with E-state index >= 15 is 0 Å². The zero-order valence-corrected chi connectivity index (χ0v) is 18.8. The molecule has 0 saturated carbocycles. The van der Waals surface area contributed by atoms with Gasteiger partial charge in [0.1, 0.15) is 11.6 Å². The van der Waals surface area contributed by atoms with Crippen LogP contribution in [0, 0.1) is 6.92 Å². The van der Waals surface area contributed by atoms with Crippen molar-refractivity contribution in [3.63, 3.8) is 0 Å². The highest BCUT2D eigenvalue weighted by Crippen LogP contribution is 2.25. The molecule has 1 heterocycles. The number of hydrogen-bond donors (Lipinski definition) is 0. The van der Waals surface area contributed by atoms with Gasteiger partial charge in [0.15, 0.2) is 5.16 Å². The maximum Gasteiger partial charge on any atom is 0.191 e. The van der Waals surface area contributed by atoms with Crippen molar-refractivity contribution < 1.29 is 4.74 Å². The average molecular weight is 446 g/mol. The molecule has 0 aliphatic heterocycles. The fourth-order valence-corrected chi connectivity index (χ4v) is 4.41. The molecule has 0 aliphatic rings. The summed E-state index contributed by atoms with van der Waals surface area (Å²) < 4.78 is 7.88. The second kappa shape index (κ2) is 11.3. The monoisotopic (exact) mass is 445 g/mol. The molecule has 0 saturated heterocycles. The number of aromatic nitrogens is 3. The highest BCUT2D eigenvalue weighted by molar-refractivity contribution is 7.99. The summed E-state index contributed by atoms with van der Waals surface area (Å²) in [6.07, 6.45) is 2.80. The normalized spacial score (nSPS) is 10.8. The maximum atomic E-state index is 5.89. The van der Waals surface area contributed by atoms with Crippen molar-refractivity contribution in [2.75, 3.05) is 12.4 Å². The van der Waals surface area contributed by atoms with Crippen LogP contribution in [0.1, 0.15) is 17.8 Å². The molecule has 2 aromatic carbocycles. The topological polar surface area (TPSA) is 39.9 Å². The van der Waals surface area contributed by atoms with E-state index in [0.717, 1.165) is 34.7 Å². The standard InChI is InChI=1S/C22H24ClN3OS2/c1-3-13-26-21(16-29-20-11-5-17(2)6-12-20)24-25-22(26)28-15-4-14-27-19-9-7-18(23)8-10-19/h3,5-12H,1,4,13-16H2,2H3. The fourth-order valence-electron chi connectivity index (χ4n) is 2.57. The summed E-state index contributed by atoms with van der Waals surface area (Å²) in [7, 11) is 0. The van der Waals surface area contributed by atoms with Gasteiger partial charge in [-0.15, -0.1) is 28.5 Å². The van der Waals surface area contributed by atoms with E-state index in [1.54, 1.807) is 23.5 Å². The van der Waals surface area contributed by atoms with Crippen molar-refractivity contribution in [1.82, 2.24) is 14.8 Å². The Morgan fingerprint density at radius 2 is 1.83 bits per heavy atom. The molecule has 0 spiro atoms. The lowest BCUT2D eigenvalue weighted by Crippen LogP contribution is -2.04. The molecule has 0 aliphatic carbocycles. The summed E-state index contributed by atoms with van der Waals surface area (Å²) >= 11 is 9.36. The third kappa shape index (κ3) is 6.84. The number of aryl methyl sites for hydroxylation is 1. The Kier molecular flexibility index (Phi) is 8.52. The summed E-state index contributed by atoms with van der Waals surface area (Å²) in [6.45, 7) is 7.33. The lowest BCUT2D eigenvalue weighted by atomic mass is 10.2. The van der Waals surface area contributed by atoms with E-state index in [9.17, 15) is 0 Å². The molecule has 3 rings (SSSR count). The number of thioether (sulfide) groups is 2. The first-order valence-corrected chi connectivity index (χ1v) is 11.7. The number of nitrogens with zero attached hydrogens (tertiary/aromatic N) is 3. The number of halogens is 1. The molecule has 0 fully saturated rings. The number of hydrogen-bond acceptors (Lipinski definition) is 5. The molecule has 0 N–H and O–H groups in total. The molecule has 0 bridgehead atoms. The molecule has 3 aromatic rings. The molecule has 1 aromatic heterocycles. The molecule has 152 valence electrons. The van der Waals surface area contributed by atoms with Crippen LogP contribution in [0.25, 0.3) is 0 Å². The third-order valence-electron chi connectivity index (χ3n) is 4.10. The molecule has 29 heavy (non-hydrogen) atoms. The summed E-state index contributed by atoms with van der Waals surface area (Å²) in [6, 6.07) is 16.0.